The molecule has 88 valence electrons. The summed E-state index contributed by atoms with van der Waals surface area (Å²) in [7, 11) is 1.65. The van der Waals surface area contributed by atoms with Crippen LogP contribution in [0.4, 0.5) is 0 Å². The smallest absolute Gasteiger partial charge is 0.140 e. The summed E-state index contributed by atoms with van der Waals surface area (Å²) < 4.78 is 5.18. The summed E-state index contributed by atoms with van der Waals surface area (Å²) in [5, 5.41) is 0. The number of hydrogen-bond acceptors (Lipinski definition) is 4. The van der Waals surface area contributed by atoms with Crippen LogP contribution in [0.1, 0.15) is 25.1 Å². The van der Waals surface area contributed by atoms with Crippen LogP contribution in [0, 0.1) is 0 Å². The molecule has 0 spiro atoms. The fourth-order valence-corrected chi connectivity index (χ4v) is 1.28. The Hall–Kier alpha value is -1.84. The number of rotatable bonds is 3. The summed E-state index contributed by atoms with van der Waals surface area (Å²) in [6.45, 7) is 5.93. The molecule has 1 aromatic rings. The molecule has 0 fully saturated rings. The molecule has 0 amide bonds. The largest absolute Gasteiger partial charge is 0.495 e. The van der Waals surface area contributed by atoms with Gasteiger partial charge in [0.15, 0.2) is 0 Å². The van der Waals surface area contributed by atoms with Gasteiger partial charge in [-0.3, -0.25) is 4.98 Å². The molecule has 0 radical (unpaired) electrons. The van der Waals surface area contributed by atoms with Gasteiger partial charge in [-0.15, -0.1) is 0 Å². The van der Waals surface area contributed by atoms with E-state index in [0.717, 1.165) is 29.1 Å². The SMILES string of the molecule is C=O.CCc1cc(/C=C(/C)N)ncc1OC. The van der Waals surface area contributed by atoms with Crippen LogP contribution in [0.15, 0.2) is 18.0 Å². The van der Waals surface area contributed by atoms with Gasteiger partial charge in [0.25, 0.3) is 0 Å². The fraction of sp³-hybridized carbons (Fsp3) is 0.333. The molecule has 1 aromatic heterocycles. The molecule has 0 unspecified atom stereocenters. The average Bonchev–Trinajstić information content (AvgIpc) is 2.30. The number of methoxy groups -OCH3 is 1. The lowest BCUT2D eigenvalue weighted by Crippen LogP contribution is -1.95. The van der Waals surface area contributed by atoms with Gasteiger partial charge in [-0.25, -0.2) is 0 Å². The zero-order valence-electron chi connectivity index (χ0n) is 9.99. The van der Waals surface area contributed by atoms with Crippen LogP contribution in [0.2, 0.25) is 0 Å². The molecular formula is C12H18N2O2. The van der Waals surface area contributed by atoms with Gasteiger partial charge >= 0.3 is 0 Å². The first kappa shape index (κ1) is 14.2. The van der Waals surface area contributed by atoms with Gasteiger partial charge in [-0.2, -0.15) is 0 Å². The van der Waals surface area contributed by atoms with E-state index in [2.05, 4.69) is 11.9 Å². The first-order valence-corrected chi connectivity index (χ1v) is 4.93. The van der Waals surface area contributed by atoms with E-state index in [1.165, 1.54) is 0 Å². The molecular weight excluding hydrogens is 204 g/mol. The Morgan fingerprint density at radius 1 is 1.62 bits per heavy atom. The normalized spacial score (nSPS) is 10.3. The van der Waals surface area contributed by atoms with Crippen molar-refractivity contribution in [3.63, 3.8) is 0 Å². The van der Waals surface area contributed by atoms with E-state index in [-0.39, 0.29) is 0 Å². The van der Waals surface area contributed by atoms with Crippen LogP contribution in [-0.2, 0) is 11.2 Å². The molecule has 1 rings (SSSR count). The number of nitrogens with two attached hydrogens (primary N) is 1. The van der Waals surface area contributed by atoms with Crippen LogP contribution < -0.4 is 10.5 Å². The van der Waals surface area contributed by atoms with Crippen molar-refractivity contribution in [1.29, 1.82) is 0 Å². The Bertz CT molecular complexity index is 358. The first-order chi connectivity index (χ1) is 7.67. The molecule has 4 nitrogen and oxygen atoms in total. The predicted octanol–water partition coefficient (Wildman–Crippen LogP) is 1.79. The molecule has 2 N–H and O–H groups in total. The standard InChI is InChI=1S/C11H16N2O.CH2O/c1-4-9-6-10(5-8(2)12)13-7-11(9)14-3;1-2/h5-7H,4,12H2,1-3H3;1H2/b8-5-;. The second-order valence-electron chi connectivity index (χ2n) is 3.16. The van der Waals surface area contributed by atoms with E-state index in [1.54, 1.807) is 13.3 Å². The molecule has 0 aliphatic heterocycles. The third-order valence-electron chi connectivity index (χ3n) is 1.95. The maximum atomic E-state index is 8.00. The zero-order valence-corrected chi connectivity index (χ0v) is 9.99. The van der Waals surface area contributed by atoms with Crippen LogP contribution in [0.25, 0.3) is 6.08 Å². The fourth-order valence-electron chi connectivity index (χ4n) is 1.28. The number of aromatic nitrogens is 1. The summed E-state index contributed by atoms with van der Waals surface area (Å²) >= 11 is 0. The number of ether oxygens (including phenoxy) is 1. The minimum absolute atomic E-state index is 0.754. The number of carbonyl (C=O) groups excluding carboxylic acids is 1. The number of allylic oxidation sites excluding steroid dienone is 1. The number of nitrogens with zero attached hydrogens (tertiary/aromatic N) is 1. The van der Waals surface area contributed by atoms with Crippen molar-refractivity contribution >= 4 is 12.9 Å². The summed E-state index contributed by atoms with van der Waals surface area (Å²) in [4.78, 5) is 12.2. The second-order valence-corrected chi connectivity index (χ2v) is 3.16. The molecule has 0 aromatic carbocycles. The van der Waals surface area contributed by atoms with Crippen LogP contribution in [-0.4, -0.2) is 18.9 Å². The molecule has 1 heterocycles. The van der Waals surface area contributed by atoms with Crippen molar-refractivity contribution in [3.8, 4) is 5.75 Å². The van der Waals surface area contributed by atoms with Crippen LogP contribution in [0.3, 0.4) is 0 Å². The maximum absolute atomic E-state index is 8.00. The van der Waals surface area contributed by atoms with Crippen molar-refractivity contribution in [2.45, 2.75) is 20.3 Å². The van der Waals surface area contributed by atoms with Crippen molar-refractivity contribution in [2.24, 2.45) is 5.73 Å². The van der Waals surface area contributed by atoms with Crippen molar-refractivity contribution < 1.29 is 9.53 Å². The van der Waals surface area contributed by atoms with E-state index in [4.69, 9.17) is 15.3 Å². The number of pyridine rings is 1. The Morgan fingerprint density at radius 3 is 2.69 bits per heavy atom. The van der Waals surface area contributed by atoms with Crippen molar-refractivity contribution in [3.05, 3.63) is 29.2 Å². The zero-order chi connectivity index (χ0) is 12.6. The van der Waals surface area contributed by atoms with Crippen molar-refractivity contribution in [2.75, 3.05) is 7.11 Å². The van der Waals surface area contributed by atoms with Gasteiger partial charge in [0, 0.05) is 5.70 Å². The summed E-state index contributed by atoms with van der Waals surface area (Å²) in [5.41, 5.74) is 8.36. The minimum Gasteiger partial charge on any atom is -0.495 e. The third-order valence-corrected chi connectivity index (χ3v) is 1.95. The molecule has 0 saturated heterocycles. The quantitative estimate of drug-likeness (QED) is 0.846. The van der Waals surface area contributed by atoms with E-state index in [1.807, 2.05) is 25.9 Å². The van der Waals surface area contributed by atoms with Gasteiger partial charge in [0.2, 0.25) is 0 Å². The Labute approximate surface area is 96.1 Å². The van der Waals surface area contributed by atoms with Gasteiger partial charge in [-0.05, 0) is 31.1 Å². The topological polar surface area (TPSA) is 65.2 Å². The Morgan fingerprint density at radius 2 is 2.25 bits per heavy atom. The number of hydrogen-bond donors (Lipinski definition) is 1. The molecule has 0 bridgehead atoms. The Kier molecular flexibility index (Phi) is 6.59. The minimum atomic E-state index is 0.754. The predicted molar refractivity (Wildman–Crippen MR) is 65.1 cm³/mol. The molecule has 4 heteroatoms. The van der Waals surface area contributed by atoms with Crippen molar-refractivity contribution in [1.82, 2.24) is 4.98 Å². The summed E-state index contributed by atoms with van der Waals surface area (Å²) in [5.74, 6) is 0.833. The summed E-state index contributed by atoms with van der Waals surface area (Å²) in [6, 6.07) is 2.00. The lowest BCUT2D eigenvalue weighted by molar-refractivity contribution is -0.0979. The molecule has 0 atom stereocenters. The number of carbonyl (C=O) groups is 1. The first-order valence-electron chi connectivity index (χ1n) is 4.93. The van der Waals surface area contributed by atoms with Gasteiger partial charge in [0.1, 0.15) is 12.5 Å². The summed E-state index contributed by atoms with van der Waals surface area (Å²) in [6.07, 6.45) is 4.50. The highest BCUT2D eigenvalue weighted by atomic mass is 16.5. The number of aryl methyl sites for hydroxylation is 1. The average molecular weight is 222 g/mol. The lowest BCUT2D eigenvalue weighted by Gasteiger charge is -2.06. The van der Waals surface area contributed by atoms with Gasteiger partial charge in [-0.1, -0.05) is 6.92 Å². The highest BCUT2D eigenvalue weighted by Crippen LogP contribution is 2.18. The highest BCUT2D eigenvalue weighted by Gasteiger charge is 2.01. The Balaban J connectivity index is 0.00000106. The highest BCUT2D eigenvalue weighted by molar-refractivity contribution is 5.50. The van der Waals surface area contributed by atoms with E-state index < -0.39 is 0 Å². The maximum Gasteiger partial charge on any atom is 0.140 e. The van der Waals surface area contributed by atoms with Gasteiger partial charge in [0.05, 0.1) is 19.0 Å². The van der Waals surface area contributed by atoms with E-state index in [9.17, 15) is 0 Å². The van der Waals surface area contributed by atoms with E-state index in [0.29, 0.717) is 0 Å². The third kappa shape index (κ3) is 4.13. The van der Waals surface area contributed by atoms with Crippen LogP contribution >= 0.6 is 0 Å². The monoisotopic (exact) mass is 222 g/mol. The van der Waals surface area contributed by atoms with E-state index >= 15 is 0 Å². The van der Waals surface area contributed by atoms with Crippen LogP contribution in [0.5, 0.6) is 5.75 Å². The lowest BCUT2D eigenvalue weighted by atomic mass is 10.1. The molecule has 16 heavy (non-hydrogen) atoms. The molecule has 0 aliphatic rings. The second kappa shape index (κ2) is 7.45. The molecule has 0 aliphatic carbocycles. The molecule has 0 saturated carbocycles. The van der Waals surface area contributed by atoms with Gasteiger partial charge < -0.3 is 15.3 Å².